The normalized spacial score (nSPS) is 22.1. The van der Waals surface area contributed by atoms with Crippen LogP contribution in [0, 0.1) is 0 Å². The lowest BCUT2D eigenvalue weighted by atomic mass is 10.1. The van der Waals surface area contributed by atoms with E-state index in [1.165, 1.54) is 0 Å². The molecule has 0 radical (unpaired) electrons. The van der Waals surface area contributed by atoms with E-state index in [2.05, 4.69) is 15.9 Å². The third kappa shape index (κ3) is 3.73. The third-order valence-electron chi connectivity index (χ3n) is 3.65. The highest BCUT2D eigenvalue weighted by atomic mass is 79.9. The summed E-state index contributed by atoms with van der Waals surface area (Å²) < 4.78 is 6.08. The molecule has 1 heterocycles. The average Bonchev–Trinajstić information content (AvgIpc) is 2.76. The molecule has 1 aliphatic heterocycles. The van der Waals surface area contributed by atoms with Crippen molar-refractivity contribution >= 4 is 21.8 Å². The van der Waals surface area contributed by atoms with Crippen LogP contribution in [0.15, 0.2) is 22.7 Å². The number of methoxy groups -OCH3 is 1. The van der Waals surface area contributed by atoms with Crippen LogP contribution in [0.25, 0.3) is 0 Å². The molecule has 4 nitrogen and oxygen atoms in total. The van der Waals surface area contributed by atoms with Gasteiger partial charge in [-0.25, -0.2) is 0 Å². The second-order valence-electron chi connectivity index (χ2n) is 5.53. The summed E-state index contributed by atoms with van der Waals surface area (Å²) >= 11 is 3.44. The van der Waals surface area contributed by atoms with Crippen molar-refractivity contribution in [1.29, 1.82) is 0 Å². The number of aryl methyl sites for hydroxylation is 1. The molecule has 1 fully saturated rings. The van der Waals surface area contributed by atoms with Crippen LogP contribution in [-0.2, 0) is 11.2 Å². The first-order chi connectivity index (χ1) is 9.41. The maximum Gasteiger partial charge on any atom is 0.223 e. The second-order valence-corrected chi connectivity index (χ2v) is 6.39. The molecule has 0 spiro atoms. The van der Waals surface area contributed by atoms with Gasteiger partial charge in [-0.05, 0) is 53.4 Å². The number of hydrogen-bond donors (Lipinski definition) is 1. The standard InChI is InChI=1S/C15H20BrNO3/c1-15(19)7-8-17(10-15)14(18)6-4-11-3-5-13(20-2)12(16)9-11/h3,5,9,19H,4,6-8,10H2,1-2H3. The lowest BCUT2D eigenvalue weighted by molar-refractivity contribution is -0.131. The number of halogens is 1. The summed E-state index contributed by atoms with van der Waals surface area (Å²) in [6.45, 7) is 2.87. The zero-order valence-electron chi connectivity index (χ0n) is 11.9. The van der Waals surface area contributed by atoms with Gasteiger partial charge < -0.3 is 14.7 Å². The van der Waals surface area contributed by atoms with Gasteiger partial charge in [-0.1, -0.05) is 6.07 Å². The highest BCUT2D eigenvalue weighted by molar-refractivity contribution is 9.10. The van der Waals surface area contributed by atoms with Crippen LogP contribution in [0.5, 0.6) is 5.75 Å². The number of benzene rings is 1. The van der Waals surface area contributed by atoms with Crippen LogP contribution < -0.4 is 4.74 Å². The number of aliphatic hydroxyl groups is 1. The summed E-state index contributed by atoms with van der Waals surface area (Å²) in [4.78, 5) is 13.8. The van der Waals surface area contributed by atoms with Crippen molar-refractivity contribution in [3.63, 3.8) is 0 Å². The van der Waals surface area contributed by atoms with Gasteiger partial charge >= 0.3 is 0 Å². The smallest absolute Gasteiger partial charge is 0.223 e. The Morgan fingerprint density at radius 3 is 2.85 bits per heavy atom. The molecule has 0 saturated carbocycles. The van der Waals surface area contributed by atoms with Crippen LogP contribution in [0.2, 0.25) is 0 Å². The van der Waals surface area contributed by atoms with E-state index in [9.17, 15) is 9.90 Å². The van der Waals surface area contributed by atoms with Crippen molar-refractivity contribution in [2.24, 2.45) is 0 Å². The Hall–Kier alpha value is -1.07. The van der Waals surface area contributed by atoms with E-state index in [1.807, 2.05) is 18.2 Å². The van der Waals surface area contributed by atoms with Crippen LogP contribution in [0.4, 0.5) is 0 Å². The summed E-state index contributed by atoms with van der Waals surface area (Å²) in [7, 11) is 1.63. The number of ether oxygens (including phenoxy) is 1. The lowest BCUT2D eigenvalue weighted by Crippen LogP contribution is -2.33. The fraction of sp³-hybridized carbons (Fsp3) is 0.533. The first-order valence-electron chi connectivity index (χ1n) is 6.74. The van der Waals surface area contributed by atoms with Crippen molar-refractivity contribution in [3.05, 3.63) is 28.2 Å². The molecular weight excluding hydrogens is 322 g/mol. The van der Waals surface area contributed by atoms with Gasteiger partial charge in [0.15, 0.2) is 0 Å². The molecule has 0 aliphatic carbocycles. The minimum atomic E-state index is -0.723. The SMILES string of the molecule is COc1ccc(CCC(=O)N2CCC(C)(O)C2)cc1Br. The number of rotatable bonds is 4. The maximum atomic E-state index is 12.1. The fourth-order valence-corrected chi connectivity index (χ4v) is 3.02. The molecule has 2 rings (SSSR count). The highest BCUT2D eigenvalue weighted by Gasteiger charge is 2.33. The number of carbonyl (C=O) groups is 1. The van der Waals surface area contributed by atoms with E-state index in [0.29, 0.717) is 32.4 Å². The number of likely N-dealkylation sites (tertiary alicyclic amines) is 1. The number of nitrogens with zero attached hydrogens (tertiary/aromatic N) is 1. The molecule has 1 aromatic carbocycles. The van der Waals surface area contributed by atoms with Gasteiger partial charge in [-0.3, -0.25) is 4.79 Å². The first-order valence-corrected chi connectivity index (χ1v) is 7.53. The minimum Gasteiger partial charge on any atom is -0.496 e. The predicted octanol–water partition coefficient (Wildman–Crippen LogP) is 2.37. The van der Waals surface area contributed by atoms with Crippen molar-refractivity contribution < 1.29 is 14.6 Å². The van der Waals surface area contributed by atoms with Crippen molar-refractivity contribution in [2.45, 2.75) is 31.8 Å². The molecule has 0 aromatic heterocycles. The van der Waals surface area contributed by atoms with Gasteiger partial charge in [0, 0.05) is 19.5 Å². The maximum absolute atomic E-state index is 12.1. The van der Waals surface area contributed by atoms with Gasteiger partial charge in [0.2, 0.25) is 5.91 Å². The largest absolute Gasteiger partial charge is 0.496 e. The molecule has 1 atom stereocenters. The summed E-state index contributed by atoms with van der Waals surface area (Å²) in [5, 5.41) is 9.88. The number of carbonyl (C=O) groups excluding carboxylic acids is 1. The Morgan fingerprint density at radius 2 is 2.30 bits per heavy atom. The van der Waals surface area contributed by atoms with E-state index in [-0.39, 0.29) is 5.91 Å². The second kappa shape index (κ2) is 6.14. The highest BCUT2D eigenvalue weighted by Crippen LogP contribution is 2.26. The lowest BCUT2D eigenvalue weighted by Gasteiger charge is -2.19. The van der Waals surface area contributed by atoms with Crippen LogP contribution >= 0.6 is 15.9 Å². The Labute approximate surface area is 127 Å². The molecule has 1 N–H and O–H groups in total. The minimum absolute atomic E-state index is 0.106. The molecule has 110 valence electrons. The summed E-state index contributed by atoms with van der Waals surface area (Å²) in [5.74, 6) is 0.894. The Morgan fingerprint density at radius 1 is 1.55 bits per heavy atom. The summed E-state index contributed by atoms with van der Waals surface area (Å²) in [6.07, 6.45) is 1.82. The Kier molecular flexibility index (Phi) is 4.70. The number of β-amino-alcohol motifs (C(OH)–C–C–N with tert-alkyl or cyclic N) is 1. The predicted molar refractivity (Wildman–Crippen MR) is 80.8 cm³/mol. The van der Waals surface area contributed by atoms with E-state index in [4.69, 9.17) is 4.74 Å². The van der Waals surface area contributed by atoms with Crippen molar-refractivity contribution in [3.8, 4) is 5.75 Å². The monoisotopic (exact) mass is 341 g/mol. The molecule has 0 bridgehead atoms. The Bertz CT molecular complexity index is 502. The zero-order chi connectivity index (χ0) is 14.8. The number of hydrogen-bond acceptors (Lipinski definition) is 3. The molecule has 1 aliphatic rings. The van der Waals surface area contributed by atoms with Crippen LogP contribution in [0.3, 0.4) is 0 Å². The van der Waals surface area contributed by atoms with E-state index in [1.54, 1.807) is 18.9 Å². The van der Waals surface area contributed by atoms with Gasteiger partial charge in [0.1, 0.15) is 5.75 Å². The van der Waals surface area contributed by atoms with E-state index < -0.39 is 5.60 Å². The molecule has 1 aromatic rings. The van der Waals surface area contributed by atoms with Gasteiger partial charge in [-0.2, -0.15) is 0 Å². The summed E-state index contributed by atoms with van der Waals surface area (Å²) in [6, 6.07) is 5.84. The molecule has 1 unspecified atom stereocenters. The van der Waals surface area contributed by atoms with Crippen LogP contribution in [-0.4, -0.2) is 41.7 Å². The zero-order valence-corrected chi connectivity index (χ0v) is 13.4. The quantitative estimate of drug-likeness (QED) is 0.914. The molecule has 20 heavy (non-hydrogen) atoms. The Balaban J connectivity index is 1.89. The van der Waals surface area contributed by atoms with Crippen molar-refractivity contribution in [1.82, 2.24) is 4.90 Å². The first kappa shape index (κ1) is 15.3. The molecule has 1 amide bonds. The van der Waals surface area contributed by atoms with E-state index >= 15 is 0 Å². The molecule has 5 heteroatoms. The fourth-order valence-electron chi connectivity index (χ4n) is 2.43. The van der Waals surface area contributed by atoms with E-state index in [0.717, 1.165) is 15.8 Å². The number of amides is 1. The average molecular weight is 342 g/mol. The van der Waals surface area contributed by atoms with Gasteiger partial charge in [-0.15, -0.1) is 0 Å². The topological polar surface area (TPSA) is 49.8 Å². The van der Waals surface area contributed by atoms with Gasteiger partial charge in [0.25, 0.3) is 0 Å². The third-order valence-corrected chi connectivity index (χ3v) is 4.27. The molecular formula is C15H20BrNO3. The molecule has 1 saturated heterocycles. The van der Waals surface area contributed by atoms with Crippen LogP contribution in [0.1, 0.15) is 25.3 Å². The van der Waals surface area contributed by atoms with Crippen molar-refractivity contribution in [2.75, 3.05) is 20.2 Å². The summed E-state index contributed by atoms with van der Waals surface area (Å²) in [5.41, 5.74) is 0.371. The van der Waals surface area contributed by atoms with Gasteiger partial charge in [0.05, 0.1) is 17.2 Å².